The number of hydrogen-bond donors (Lipinski definition) is 2. The first kappa shape index (κ1) is 14.9. The molecular weight excluding hydrogens is 340 g/mol. The fourth-order valence-corrected chi connectivity index (χ4v) is 2.33. The Kier molecular flexibility index (Phi) is 5.04. The first-order chi connectivity index (χ1) is 9.61. The summed E-state index contributed by atoms with van der Waals surface area (Å²) in [6, 6.07) is 13.1. The zero-order valence-corrected chi connectivity index (χ0v) is 13.3. The van der Waals surface area contributed by atoms with E-state index in [4.69, 9.17) is 11.6 Å². The van der Waals surface area contributed by atoms with E-state index in [0.717, 1.165) is 15.7 Å². The molecule has 2 aromatic rings. The van der Waals surface area contributed by atoms with Crippen molar-refractivity contribution in [3.8, 4) is 0 Å². The molecule has 0 spiro atoms. The van der Waals surface area contributed by atoms with Crippen LogP contribution < -0.4 is 10.6 Å². The predicted molar refractivity (Wildman–Crippen MR) is 86.3 cm³/mol. The Labute approximate surface area is 131 Å². The van der Waals surface area contributed by atoms with Gasteiger partial charge in [0.15, 0.2) is 0 Å². The van der Waals surface area contributed by atoms with E-state index in [2.05, 4.69) is 26.6 Å². The van der Waals surface area contributed by atoms with Gasteiger partial charge in [-0.05, 0) is 45.8 Å². The Morgan fingerprint density at radius 2 is 1.90 bits per heavy atom. The summed E-state index contributed by atoms with van der Waals surface area (Å²) in [4.78, 5) is 11.4. The Morgan fingerprint density at radius 1 is 1.20 bits per heavy atom. The molecule has 0 aromatic heterocycles. The van der Waals surface area contributed by atoms with E-state index in [-0.39, 0.29) is 5.91 Å². The van der Waals surface area contributed by atoms with E-state index in [1.165, 1.54) is 0 Å². The van der Waals surface area contributed by atoms with Gasteiger partial charge in [-0.25, -0.2) is 0 Å². The molecule has 2 rings (SSSR count). The first-order valence-electron chi connectivity index (χ1n) is 6.10. The lowest BCUT2D eigenvalue weighted by atomic mass is 10.1. The van der Waals surface area contributed by atoms with E-state index in [1.54, 1.807) is 7.05 Å². The van der Waals surface area contributed by atoms with Crippen LogP contribution in [0.1, 0.15) is 15.9 Å². The molecule has 0 fully saturated rings. The smallest absolute Gasteiger partial charge is 0.251 e. The van der Waals surface area contributed by atoms with Crippen LogP contribution >= 0.6 is 27.5 Å². The number of carbonyl (C=O) groups excluding carboxylic acids is 1. The summed E-state index contributed by atoms with van der Waals surface area (Å²) in [5, 5.41) is 6.57. The Bertz CT molecular complexity index is 614. The Hall–Kier alpha value is -1.52. The van der Waals surface area contributed by atoms with Crippen LogP contribution in [0.5, 0.6) is 0 Å². The summed E-state index contributed by atoms with van der Waals surface area (Å²) in [6.07, 6.45) is 0. The summed E-state index contributed by atoms with van der Waals surface area (Å²) in [7, 11) is 1.62. The van der Waals surface area contributed by atoms with Crippen molar-refractivity contribution in [3.63, 3.8) is 0 Å². The lowest BCUT2D eigenvalue weighted by Gasteiger charge is -2.10. The van der Waals surface area contributed by atoms with Crippen molar-refractivity contribution in [2.45, 2.75) is 6.54 Å². The number of halogens is 2. The number of hydrogen-bond acceptors (Lipinski definition) is 2. The number of nitrogens with one attached hydrogen (secondary N) is 2. The summed E-state index contributed by atoms with van der Waals surface area (Å²) in [5.74, 6) is -0.0814. The van der Waals surface area contributed by atoms with Crippen LogP contribution in [0.15, 0.2) is 46.9 Å². The average molecular weight is 354 g/mol. The van der Waals surface area contributed by atoms with Crippen molar-refractivity contribution in [1.82, 2.24) is 5.32 Å². The molecule has 2 N–H and O–H groups in total. The van der Waals surface area contributed by atoms with Gasteiger partial charge in [0.25, 0.3) is 5.91 Å². The molecule has 5 heteroatoms. The van der Waals surface area contributed by atoms with E-state index in [1.807, 2.05) is 42.5 Å². The topological polar surface area (TPSA) is 41.1 Å². The zero-order chi connectivity index (χ0) is 14.5. The summed E-state index contributed by atoms with van der Waals surface area (Å²) in [5.41, 5.74) is 2.68. The van der Waals surface area contributed by atoms with Gasteiger partial charge in [0.2, 0.25) is 0 Å². The highest BCUT2D eigenvalue weighted by Gasteiger charge is 2.04. The van der Waals surface area contributed by atoms with Crippen LogP contribution in [0, 0.1) is 0 Å². The second kappa shape index (κ2) is 6.77. The minimum atomic E-state index is -0.0814. The molecule has 104 valence electrons. The van der Waals surface area contributed by atoms with E-state index in [0.29, 0.717) is 17.1 Å². The van der Waals surface area contributed by atoms with Crippen LogP contribution in [0.3, 0.4) is 0 Å². The summed E-state index contributed by atoms with van der Waals surface area (Å²) in [6.45, 7) is 0.660. The van der Waals surface area contributed by atoms with Gasteiger partial charge < -0.3 is 10.6 Å². The second-order valence-corrected chi connectivity index (χ2v) is 5.43. The van der Waals surface area contributed by atoms with Crippen LogP contribution in [0.4, 0.5) is 5.69 Å². The molecule has 0 heterocycles. The van der Waals surface area contributed by atoms with E-state index in [9.17, 15) is 4.79 Å². The van der Waals surface area contributed by atoms with Gasteiger partial charge in [0.1, 0.15) is 0 Å². The quantitative estimate of drug-likeness (QED) is 0.870. The lowest BCUT2D eigenvalue weighted by molar-refractivity contribution is 0.0963. The van der Waals surface area contributed by atoms with Gasteiger partial charge in [-0.2, -0.15) is 0 Å². The largest absolute Gasteiger partial charge is 0.380 e. The molecule has 0 atom stereocenters. The predicted octanol–water partition coefficient (Wildman–Crippen LogP) is 4.07. The third-order valence-electron chi connectivity index (χ3n) is 2.88. The SMILES string of the molecule is CNC(=O)c1ccc(CNc2cccc(Cl)c2Br)cc1. The lowest BCUT2D eigenvalue weighted by Crippen LogP contribution is -2.17. The number of benzene rings is 2. The molecule has 0 aliphatic carbocycles. The van der Waals surface area contributed by atoms with Crippen LogP contribution in [-0.4, -0.2) is 13.0 Å². The highest BCUT2D eigenvalue weighted by molar-refractivity contribution is 9.10. The molecular formula is C15H14BrClN2O. The highest BCUT2D eigenvalue weighted by Crippen LogP contribution is 2.30. The first-order valence-corrected chi connectivity index (χ1v) is 7.28. The van der Waals surface area contributed by atoms with Gasteiger partial charge in [-0.15, -0.1) is 0 Å². The van der Waals surface area contributed by atoms with Crippen molar-refractivity contribution in [3.05, 3.63) is 63.1 Å². The Morgan fingerprint density at radius 3 is 2.55 bits per heavy atom. The molecule has 2 aromatic carbocycles. The fraction of sp³-hybridized carbons (Fsp3) is 0.133. The van der Waals surface area contributed by atoms with Gasteiger partial charge in [0.05, 0.1) is 15.2 Å². The molecule has 0 radical (unpaired) electrons. The maximum Gasteiger partial charge on any atom is 0.251 e. The molecule has 3 nitrogen and oxygen atoms in total. The average Bonchev–Trinajstić information content (AvgIpc) is 2.48. The van der Waals surface area contributed by atoms with Crippen molar-refractivity contribution < 1.29 is 4.79 Å². The van der Waals surface area contributed by atoms with E-state index < -0.39 is 0 Å². The fourth-order valence-electron chi connectivity index (χ4n) is 1.76. The molecule has 20 heavy (non-hydrogen) atoms. The minimum absolute atomic E-state index is 0.0814. The number of rotatable bonds is 4. The van der Waals surface area contributed by atoms with Crippen molar-refractivity contribution >= 4 is 39.1 Å². The molecule has 0 aliphatic heterocycles. The Balaban J connectivity index is 2.04. The molecule has 0 aliphatic rings. The molecule has 0 saturated heterocycles. The maximum atomic E-state index is 11.4. The van der Waals surface area contributed by atoms with E-state index >= 15 is 0 Å². The standard InChI is InChI=1S/C15H14BrClN2O/c1-18-15(20)11-7-5-10(6-8-11)9-19-13-4-2-3-12(17)14(13)16/h2-8,19H,9H2,1H3,(H,18,20). The number of amides is 1. The molecule has 0 bridgehead atoms. The maximum absolute atomic E-state index is 11.4. The number of carbonyl (C=O) groups is 1. The van der Waals surface area contributed by atoms with Crippen molar-refractivity contribution in [2.24, 2.45) is 0 Å². The third kappa shape index (κ3) is 3.52. The van der Waals surface area contributed by atoms with Gasteiger partial charge in [-0.1, -0.05) is 29.8 Å². The number of anilines is 1. The van der Waals surface area contributed by atoms with Gasteiger partial charge >= 0.3 is 0 Å². The summed E-state index contributed by atoms with van der Waals surface area (Å²) >= 11 is 9.48. The monoisotopic (exact) mass is 352 g/mol. The van der Waals surface area contributed by atoms with Crippen LogP contribution in [-0.2, 0) is 6.54 Å². The highest BCUT2D eigenvalue weighted by atomic mass is 79.9. The zero-order valence-electron chi connectivity index (χ0n) is 10.9. The van der Waals surface area contributed by atoms with Crippen molar-refractivity contribution in [1.29, 1.82) is 0 Å². The minimum Gasteiger partial charge on any atom is -0.380 e. The third-order valence-corrected chi connectivity index (χ3v) is 4.28. The second-order valence-electron chi connectivity index (χ2n) is 4.23. The van der Waals surface area contributed by atoms with Crippen molar-refractivity contribution in [2.75, 3.05) is 12.4 Å². The van der Waals surface area contributed by atoms with Gasteiger partial charge in [0, 0.05) is 19.2 Å². The van der Waals surface area contributed by atoms with Crippen LogP contribution in [0.2, 0.25) is 5.02 Å². The molecule has 1 amide bonds. The van der Waals surface area contributed by atoms with Gasteiger partial charge in [-0.3, -0.25) is 4.79 Å². The molecule has 0 saturated carbocycles. The molecule has 0 unspecified atom stereocenters. The van der Waals surface area contributed by atoms with Crippen LogP contribution in [0.25, 0.3) is 0 Å². The summed E-state index contributed by atoms with van der Waals surface area (Å²) < 4.78 is 0.851. The normalized spacial score (nSPS) is 10.2.